The molecule has 1 aromatic rings. The number of benzene rings is 1. The molecule has 110 valence electrons. The maximum atomic E-state index is 12.1. The Hall–Kier alpha value is -0.980. The largest absolute Gasteiger partial charge is 0.495 e. The number of amides is 1. The van der Waals surface area contributed by atoms with Gasteiger partial charge >= 0.3 is 0 Å². The van der Waals surface area contributed by atoms with Crippen molar-refractivity contribution in [1.82, 2.24) is 0 Å². The van der Waals surface area contributed by atoms with Gasteiger partial charge in [-0.15, -0.1) is 0 Å². The molecule has 0 aromatic heterocycles. The number of hydrogen-bond donors (Lipinski definition) is 0. The van der Waals surface area contributed by atoms with Crippen LogP contribution in [0.4, 0.5) is 5.69 Å². The molecule has 0 radical (unpaired) electrons. The van der Waals surface area contributed by atoms with Crippen molar-refractivity contribution in [2.24, 2.45) is 5.92 Å². The first-order valence-electron chi connectivity index (χ1n) is 5.87. The Morgan fingerprint density at radius 2 is 2.15 bits per heavy atom. The summed E-state index contributed by atoms with van der Waals surface area (Å²) >= 11 is 6.12. The molecule has 20 heavy (non-hydrogen) atoms. The van der Waals surface area contributed by atoms with E-state index in [1.54, 1.807) is 18.2 Å². The van der Waals surface area contributed by atoms with Crippen LogP contribution in [-0.4, -0.2) is 33.7 Å². The van der Waals surface area contributed by atoms with Gasteiger partial charge in [-0.25, -0.2) is 8.42 Å². The standard InChI is InChI=1S/C12H13Cl2NO4S/c1-19-10-4-2-3-9(13)12(10)15-6-8(5-11(15)16)7-20(14,17)18/h2-4,8H,5-7H2,1H3. The highest BCUT2D eigenvalue weighted by atomic mass is 35.7. The zero-order valence-electron chi connectivity index (χ0n) is 10.7. The van der Waals surface area contributed by atoms with E-state index in [9.17, 15) is 13.2 Å². The molecule has 2 rings (SSSR count). The van der Waals surface area contributed by atoms with Crippen LogP contribution in [0.2, 0.25) is 5.02 Å². The molecule has 1 aliphatic rings. The first-order valence-corrected chi connectivity index (χ1v) is 8.72. The summed E-state index contributed by atoms with van der Waals surface area (Å²) in [7, 11) is 3.09. The van der Waals surface area contributed by atoms with Crippen molar-refractivity contribution in [1.29, 1.82) is 0 Å². The molecule has 1 amide bonds. The summed E-state index contributed by atoms with van der Waals surface area (Å²) in [4.78, 5) is 13.5. The minimum Gasteiger partial charge on any atom is -0.495 e. The van der Waals surface area contributed by atoms with E-state index in [1.165, 1.54) is 12.0 Å². The van der Waals surface area contributed by atoms with Crippen LogP contribution >= 0.6 is 22.3 Å². The Morgan fingerprint density at radius 1 is 1.45 bits per heavy atom. The van der Waals surface area contributed by atoms with Crippen LogP contribution in [0.3, 0.4) is 0 Å². The lowest BCUT2D eigenvalue weighted by molar-refractivity contribution is -0.117. The summed E-state index contributed by atoms with van der Waals surface area (Å²) in [6.07, 6.45) is 0.125. The monoisotopic (exact) mass is 337 g/mol. The molecule has 0 bridgehead atoms. The highest BCUT2D eigenvalue weighted by Gasteiger charge is 2.35. The van der Waals surface area contributed by atoms with Gasteiger partial charge in [-0.05, 0) is 12.1 Å². The third kappa shape index (κ3) is 3.37. The normalized spacial score (nSPS) is 19.4. The van der Waals surface area contributed by atoms with E-state index in [2.05, 4.69) is 0 Å². The van der Waals surface area contributed by atoms with E-state index in [4.69, 9.17) is 27.0 Å². The van der Waals surface area contributed by atoms with Crippen LogP contribution in [0.15, 0.2) is 18.2 Å². The van der Waals surface area contributed by atoms with E-state index in [-0.39, 0.29) is 30.5 Å². The average Bonchev–Trinajstić information content (AvgIpc) is 2.67. The fourth-order valence-electron chi connectivity index (χ4n) is 2.31. The van der Waals surface area contributed by atoms with Crippen LogP contribution in [0.1, 0.15) is 6.42 Å². The zero-order valence-corrected chi connectivity index (χ0v) is 13.0. The third-order valence-electron chi connectivity index (χ3n) is 3.08. The SMILES string of the molecule is COc1cccc(Cl)c1N1CC(CS(=O)(=O)Cl)CC1=O. The van der Waals surface area contributed by atoms with Crippen molar-refractivity contribution in [3.05, 3.63) is 23.2 Å². The second-order valence-electron chi connectivity index (χ2n) is 4.57. The number of carbonyl (C=O) groups excluding carboxylic acids is 1. The Kier molecular flexibility index (Phi) is 4.46. The van der Waals surface area contributed by atoms with Crippen molar-refractivity contribution in [2.75, 3.05) is 24.3 Å². The van der Waals surface area contributed by atoms with Gasteiger partial charge in [-0.3, -0.25) is 4.79 Å². The van der Waals surface area contributed by atoms with Gasteiger partial charge in [0.2, 0.25) is 15.0 Å². The van der Waals surface area contributed by atoms with Gasteiger partial charge in [-0.1, -0.05) is 17.7 Å². The quantitative estimate of drug-likeness (QED) is 0.790. The average molecular weight is 338 g/mol. The molecule has 1 atom stereocenters. The zero-order chi connectivity index (χ0) is 14.9. The molecular formula is C12H13Cl2NO4S. The number of rotatable bonds is 4. The van der Waals surface area contributed by atoms with Gasteiger partial charge in [0.15, 0.2) is 0 Å². The Labute approximate surface area is 126 Å². The van der Waals surface area contributed by atoms with Crippen LogP contribution in [0.25, 0.3) is 0 Å². The number of nitrogens with zero attached hydrogens (tertiary/aromatic N) is 1. The van der Waals surface area contributed by atoms with E-state index >= 15 is 0 Å². The van der Waals surface area contributed by atoms with Crippen LogP contribution in [0, 0.1) is 5.92 Å². The molecule has 0 aliphatic carbocycles. The van der Waals surface area contributed by atoms with Gasteiger partial charge in [-0.2, -0.15) is 0 Å². The van der Waals surface area contributed by atoms with Gasteiger partial charge in [0.1, 0.15) is 11.4 Å². The number of carbonyl (C=O) groups is 1. The van der Waals surface area contributed by atoms with Crippen molar-refractivity contribution in [3.63, 3.8) is 0 Å². The topological polar surface area (TPSA) is 63.7 Å². The minimum absolute atomic E-state index is 0.125. The first-order chi connectivity index (χ1) is 9.31. The maximum Gasteiger partial charge on any atom is 0.232 e. The molecule has 0 saturated carbocycles. The van der Waals surface area contributed by atoms with E-state index in [0.717, 1.165) is 0 Å². The van der Waals surface area contributed by atoms with E-state index < -0.39 is 9.05 Å². The summed E-state index contributed by atoms with van der Waals surface area (Å²) in [6.45, 7) is 0.255. The summed E-state index contributed by atoms with van der Waals surface area (Å²) in [5, 5.41) is 0.382. The fourth-order valence-corrected chi connectivity index (χ4v) is 3.90. The molecule has 0 N–H and O–H groups in total. The highest BCUT2D eigenvalue weighted by molar-refractivity contribution is 8.13. The van der Waals surface area contributed by atoms with Crippen molar-refractivity contribution < 1.29 is 17.9 Å². The molecule has 0 spiro atoms. The number of methoxy groups -OCH3 is 1. The van der Waals surface area contributed by atoms with Crippen molar-refractivity contribution >= 4 is 42.9 Å². The Morgan fingerprint density at radius 3 is 2.75 bits per heavy atom. The second-order valence-corrected chi connectivity index (χ2v) is 7.80. The summed E-state index contributed by atoms with van der Waals surface area (Å²) in [5.74, 6) is -0.295. The van der Waals surface area contributed by atoms with Gasteiger partial charge in [0, 0.05) is 29.6 Å². The van der Waals surface area contributed by atoms with Crippen molar-refractivity contribution in [3.8, 4) is 5.75 Å². The number of halogens is 2. The number of ether oxygens (including phenoxy) is 1. The predicted octanol–water partition coefficient (Wildman–Crippen LogP) is 2.27. The summed E-state index contributed by atoms with van der Waals surface area (Å²) < 4.78 is 27.4. The van der Waals surface area contributed by atoms with Crippen LogP contribution in [0.5, 0.6) is 5.75 Å². The van der Waals surface area contributed by atoms with Gasteiger partial charge in [0.05, 0.1) is 17.9 Å². The molecule has 1 heterocycles. The summed E-state index contributed by atoms with van der Waals surface area (Å²) in [6, 6.07) is 5.06. The second kappa shape index (κ2) is 5.79. The smallest absolute Gasteiger partial charge is 0.232 e. The molecule has 1 aromatic carbocycles. The Balaban J connectivity index is 2.29. The van der Waals surface area contributed by atoms with E-state index in [0.29, 0.717) is 16.5 Å². The molecule has 1 saturated heterocycles. The van der Waals surface area contributed by atoms with E-state index in [1.807, 2.05) is 0 Å². The molecule has 5 nitrogen and oxygen atoms in total. The fraction of sp³-hybridized carbons (Fsp3) is 0.417. The molecule has 1 aliphatic heterocycles. The van der Waals surface area contributed by atoms with Crippen LogP contribution in [-0.2, 0) is 13.8 Å². The van der Waals surface area contributed by atoms with Gasteiger partial charge < -0.3 is 9.64 Å². The lowest BCUT2D eigenvalue weighted by atomic mass is 10.1. The molecular weight excluding hydrogens is 325 g/mol. The van der Waals surface area contributed by atoms with Crippen molar-refractivity contribution in [2.45, 2.75) is 6.42 Å². The number of para-hydroxylation sites is 1. The minimum atomic E-state index is -3.63. The maximum absolute atomic E-state index is 12.1. The molecule has 8 heteroatoms. The summed E-state index contributed by atoms with van der Waals surface area (Å²) in [5.41, 5.74) is 0.469. The molecule has 1 unspecified atom stereocenters. The lowest BCUT2D eigenvalue weighted by Crippen LogP contribution is -2.26. The Bertz CT molecular complexity index is 632. The number of anilines is 1. The number of hydrogen-bond acceptors (Lipinski definition) is 4. The van der Waals surface area contributed by atoms with Gasteiger partial charge in [0.25, 0.3) is 0 Å². The lowest BCUT2D eigenvalue weighted by Gasteiger charge is -2.20. The van der Waals surface area contributed by atoms with Crippen LogP contribution < -0.4 is 9.64 Å². The first kappa shape index (κ1) is 15.4. The molecule has 1 fully saturated rings. The third-order valence-corrected chi connectivity index (χ3v) is 4.63. The highest BCUT2D eigenvalue weighted by Crippen LogP contribution is 2.39. The predicted molar refractivity (Wildman–Crippen MR) is 78.1 cm³/mol.